The Labute approximate surface area is 86.0 Å². The van der Waals surface area contributed by atoms with Crippen LogP contribution in [0, 0.1) is 5.82 Å². The molecular formula is C9H4F4N2O. The van der Waals surface area contributed by atoms with Crippen LogP contribution in [0.3, 0.4) is 0 Å². The molecule has 0 aliphatic heterocycles. The van der Waals surface area contributed by atoms with E-state index in [2.05, 4.69) is 4.98 Å². The molecular weight excluding hydrogens is 228 g/mol. The van der Waals surface area contributed by atoms with Gasteiger partial charge in [-0.05, 0) is 6.07 Å². The lowest BCUT2D eigenvalue weighted by Gasteiger charge is -2.10. The van der Waals surface area contributed by atoms with E-state index in [1.807, 2.05) is 0 Å². The number of pyridine rings is 1. The second-order valence-electron chi connectivity index (χ2n) is 3.01. The molecule has 0 amide bonds. The van der Waals surface area contributed by atoms with Crippen LogP contribution < -0.4 is 5.56 Å². The molecule has 0 atom stereocenters. The van der Waals surface area contributed by atoms with E-state index >= 15 is 0 Å². The van der Waals surface area contributed by atoms with Gasteiger partial charge in [-0.2, -0.15) is 13.2 Å². The number of nitrogens with zero attached hydrogens (tertiary/aromatic N) is 2. The lowest BCUT2D eigenvalue weighted by Crippen LogP contribution is -2.19. The molecule has 0 bridgehead atoms. The van der Waals surface area contributed by atoms with Gasteiger partial charge in [0.1, 0.15) is 11.4 Å². The molecule has 16 heavy (non-hydrogen) atoms. The molecule has 0 saturated heterocycles. The number of alkyl halides is 3. The van der Waals surface area contributed by atoms with Crippen LogP contribution in [0.5, 0.6) is 0 Å². The van der Waals surface area contributed by atoms with Crippen molar-refractivity contribution in [1.82, 2.24) is 9.38 Å². The van der Waals surface area contributed by atoms with Gasteiger partial charge in [-0.3, -0.25) is 9.20 Å². The molecule has 0 N–H and O–H groups in total. The average Bonchev–Trinajstić information content (AvgIpc) is 2.15. The summed E-state index contributed by atoms with van der Waals surface area (Å²) in [6, 6.07) is 1.57. The summed E-state index contributed by atoms with van der Waals surface area (Å²) in [5, 5.41) is 0. The van der Waals surface area contributed by atoms with Gasteiger partial charge in [0.05, 0.1) is 0 Å². The van der Waals surface area contributed by atoms with Crippen LogP contribution in [0.4, 0.5) is 17.6 Å². The fraction of sp³-hybridized carbons (Fsp3) is 0.111. The van der Waals surface area contributed by atoms with E-state index in [-0.39, 0.29) is 0 Å². The summed E-state index contributed by atoms with van der Waals surface area (Å²) in [6.07, 6.45) is -3.07. The molecule has 2 aromatic heterocycles. The van der Waals surface area contributed by atoms with Crippen molar-refractivity contribution in [2.24, 2.45) is 0 Å². The van der Waals surface area contributed by atoms with E-state index in [0.29, 0.717) is 10.5 Å². The Balaban J connectivity index is 2.97. The van der Waals surface area contributed by atoms with E-state index < -0.39 is 28.8 Å². The lowest BCUT2D eigenvalue weighted by atomic mass is 10.2. The Morgan fingerprint density at radius 3 is 2.56 bits per heavy atom. The van der Waals surface area contributed by atoms with Crippen LogP contribution >= 0.6 is 0 Å². The summed E-state index contributed by atoms with van der Waals surface area (Å²) in [6.45, 7) is 0. The summed E-state index contributed by atoms with van der Waals surface area (Å²) in [4.78, 5) is 14.6. The van der Waals surface area contributed by atoms with Crippen molar-refractivity contribution in [3.63, 3.8) is 0 Å². The highest BCUT2D eigenvalue weighted by Crippen LogP contribution is 2.33. The third-order valence-corrected chi connectivity index (χ3v) is 2.00. The second-order valence-corrected chi connectivity index (χ2v) is 3.01. The third-order valence-electron chi connectivity index (χ3n) is 2.00. The van der Waals surface area contributed by atoms with Crippen LogP contribution in [0.1, 0.15) is 5.56 Å². The molecule has 0 saturated carbocycles. The first-order chi connectivity index (χ1) is 7.41. The van der Waals surface area contributed by atoms with Gasteiger partial charge in [0.15, 0.2) is 5.65 Å². The second kappa shape index (κ2) is 3.29. The van der Waals surface area contributed by atoms with Gasteiger partial charge >= 0.3 is 6.18 Å². The van der Waals surface area contributed by atoms with Crippen LogP contribution in [0.25, 0.3) is 5.65 Å². The number of hydrogen-bond donors (Lipinski definition) is 0. The number of aromatic nitrogens is 2. The smallest absolute Gasteiger partial charge is 0.269 e. The Bertz CT molecular complexity index is 602. The predicted octanol–water partition coefficient (Wildman–Crippen LogP) is 1.85. The molecule has 84 valence electrons. The van der Waals surface area contributed by atoms with Crippen molar-refractivity contribution < 1.29 is 17.6 Å². The maximum Gasteiger partial charge on any atom is 0.422 e. The van der Waals surface area contributed by atoms with Crippen molar-refractivity contribution in [3.05, 3.63) is 46.3 Å². The van der Waals surface area contributed by atoms with Crippen molar-refractivity contribution in [2.45, 2.75) is 6.18 Å². The van der Waals surface area contributed by atoms with E-state index in [4.69, 9.17) is 0 Å². The highest BCUT2D eigenvalue weighted by Gasteiger charge is 2.37. The third kappa shape index (κ3) is 1.54. The van der Waals surface area contributed by atoms with Crippen molar-refractivity contribution in [2.75, 3.05) is 0 Å². The molecule has 2 heterocycles. The summed E-state index contributed by atoms with van der Waals surface area (Å²) >= 11 is 0. The molecule has 0 unspecified atom stereocenters. The molecule has 2 rings (SSSR count). The van der Waals surface area contributed by atoms with Gasteiger partial charge in [0.2, 0.25) is 0 Å². The van der Waals surface area contributed by atoms with E-state index in [1.54, 1.807) is 0 Å². The Hall–Kier alpha value is -1.92. The van der Waals surface area contributed by atoms with Gasteiger partial charge in [0, 0.05) is 18.5 Å². The van der Waals surface area contributed by atoms with E-state index in [9.17, 15) is 22.4 Å². The summed E-state index contributed by atoms with van der Waals surface area (Å²) in [5.41, 5.74) is -2.97. The zero-order valence-electron chi connectivity index (χ0n) is 7.62. The van der Waals surface area contributed by atoms with E-state index in [0.717, 1.165) is 18.5 Å². The van der Waals surface area contributed by atoms with Crippen LogP contribution in [-0.4, -0.2) is 9.38 Å². The minimum absolute atomic E-state index is 0.582. The fourth-order valence-corrected chi connectivity index (χ4v) is 1.34. The molecule has 7 heteroatoms. The van der Waals surface area contributed by atoms with Gasteiger partial charge in [-0.25, -0.2) is 9.37 Å². The minimum Gasteiger partial charge on any atom is -0.269 e. The predicted molar refractivity (Wildman–Crippen MR) is 46.4 cm³/mol. The van der Waals surface area contributed by atoms with Crippen molar-refractivity contribution in [3.8, 4) is 0 Å². The minimum atomic E-state index is -4.89. The summed E-state index contributed by atoms with van der Waals surface area (Å²) < 4.78 is 51.3. The maximum atomic E-state index is 13.1. The molecule has 0 fully saturated rings. The van der Waals surface area contributed by atoms with E-state index in [1.165, 1.54) is 0 Å². The van der Waals surface area contributed by atoms with Crippen LogP contribution in [0.2, 0.25) is 0 Å². The highest BCUT2D eigenvalue weighted by atomic mass is 19.4. The van der Waals surface area contributed by atoms with Gasteiger partial charge in [0.25, 0.3) is 5.56 Å². The van der Waals surface area contributed by atoms with Crippen LogP contribution in [-0.2, 0) is 6.18 Å². The van der Waals surface area contributed by atoms with Gasteiger partial charge < -0.3 is 0 Å². The number of halogens is 4. The van der Waals surface area contributed by atoms with Crippen molar-refractivity contribution >= 4 is 5.65 Å². The normalized spacial score (nSPS) is 12.0. The van der Waals surface area contributed by atoms with Gasteiger partial charge in [-0.1, -0.05) is 0 Å². The molecule has 0 aliphatic rings. The first-order valence-electron chi connectivity index (χ1n) is 4.14. The maximum absolute atomic E-state index is 13.1. The topological polar surface area (TPSA) is 34.4 Å². The lowest BCUT2D eigenvalue weighted by molar-refractivity contribution is -0.139. The number of rotatable bonds is 0. The first kappa shape index (κ1) is 10.6. The molecule has 0 radical (unpaired) electrons. The number of hydrogen-bond acceptors (Lipinski definition) is 2. The first-order valence-corrected chi connectivity index (χ1v) is 4.14. The summed E-state index contributed by atoms with van der Waals surface area (Å²) in [7, 11) is 0. The molecule has 3 nitrogen and oxygen atoms in total. The molecule has 0 spiro atoms. The highest BCUT2D eigenvalue weighted by molar-refractivity contribution is 5.49. The van der Waals surface area contributed by atoms with Gasteiger partial charge in [-0.15, -0.1) is 0 Å². The monoisotopic (exact) mass is 232 g/mol. The fourth-order valence-electron chi connectivity index (χ4n) is 1.34. The zero-order valence-corrected chi connectivity index (χ0v) is 7.62. The number of fused-ring (bicyclic) bond motifs is 1. The summed E-state index contributed by atoms with van der Waals surface area (Å²) in [5.74, 6) is -1.45. The van der Waals surface area contributed by atoms with Crippen molar-refractivity contribution in [1.29, 1.82) is 0 Å². The molecule has 0 aliphatic carbocycles. The standard InChI is InChI=1S/C9H4F4N2O/c10-5-2-4-15-6(16)1-3-14-8(15)7(5)9(11,12)13/h1-4H. The quantitative estimate of drug-likeness (QED) is 0.649. The Morgan fingerprint density at radius 2 is 1.94 bits per heavy atom. The van der Waals surface area contributed by atoms with Crippen LogP contribution in [0.15, 0.2) is 29.3 Å². The Morgan fingerprint density at radius 1 is 1.25 bits per heavy atom. The average molecular weight is 232 g/mol. The molecule has 0 aromatic carbocycles. The Kier molecular flexibility index (Phi) is 2.18. The molecule has 2 aromatic rings. The SMILES string of the molecule is O=c1ccnc2c(C(F)(F)F)c(F)ccn12. The zero-order chi connectivity index (χ0) is 11.9. The largest absolute Gasteiger partial charge is 0.422 e.